The summed E-state index contributed by atoms with van der Waals surface area (Å²) in [7, 11) is 0. The Morgan fingerprint density at radius 1 is 1.28 bits per heavy atom. The molecule has 1 heterocycles. The second kappa shape index (κ2) is 10.8. The zero-order chi connectivity index (χ0) is 18.1. The molecule has 5 atom stereocenters. The normalized spacial score (nSPS) is 29.8. The second-order valence-corrected chi connectivity index (χ2v) is 7.55. The molecule has 0 aromatic rings. The summed E-state index contributed by atoms with van der Waals surface area (Å²) in [6.45, 7) is 3.04. The highest BCUT2D eigenvalue weighted by molar-refractivity contribution is 5.66. The SMILES string of the molecule is CCCCC[C@H](O)/C=C/[C@H]1[C@H](C/C=C\CCCC(=O)O)[C@@H]2CO[C@H]1C2. The Morgan fingerprint density at radius 3 is 2.88 bits per heavy atom. The molecule has 25 heavy (non-hydrogen) atoms. The molecule has 1 aliphatic carbocycles. The Balaban J connectivity index is 1.78. The lowest BCUT2D eigenvalue weighted by atomic mass is 9.84. The van der Waals surface area contributed by atoms with Crippen LogP contribution in [0.3, 0.4) is 0 Å². The molecule has 0 spiro atoms. The van der Waals surface area contributed by atoms with Gasteiger partial charge in [-0.1, -0.05) is 50.5 Å². The number of unbranched alkanes of at least 4 members (excludes halogenated alkanes) is 3. The van der Waals surface area contributed by atoms with Crippen LogP contribution in [-0.4, -0.2) is 35.0 Å². The first-order valence-electron chi connectivity index (χ1n) is 9.96. The van der Waals surface area contributed by atoms with Gasteiger partial charge in [0.1, 0.15) is 0 Å². The van der Waals surface area contributed by atoms with Gasteiger partial charge in [-0.05, 0) is 43.9 Å². The minimum atomic E-state index is -0.721. The molecule has 2 N–H and O–H groups in total. The predicted molar refractivity (Wildman–Crippen MR) is 99.4 cm³/mol. The third-order valence-electron chi connectivity index (χ3n) is 5.58. The highest BCUT2D eigenvalue weighted by Gasteiger charge is 2.46. The van der Waals surface area contributed by atoms with Gasteiger partial charge in [0.15, 0.2) is 0 Å². The zero-order valence-corrected chi connectivity index (χ0v) is 15.5. The molecule has 4 nitrogen and oxygen atoms in total. The van der Waals surface area contributed by atoms with Crippen LogP contribution >= 0.6 is 0 Å². The van der Waals surface area contributed by atoms with Crippen molar-refractivity contribution in [1.29, 1.82) is 0 Å². The van der Waals surface area contributed by atoms with Gasteiger partial charge in [-0.25, -0.2) is 0 Å². The van der Waals surface area contributed by atoms with E-state index in [0.717, 1.165) is 38.7 Å². The topological polar surface area (TPSA) is 66.8 Å². The number of aliphatic hydroxyl groups excluding tert-OH is 1. The van der Waals surface area contributed by atoms with Crippen molar-refractivity contribution < 1.29 is 19.7 Å². The van der Waals surface area contributed by atoms with Crippen molar-refractivity contribution in [2.45, 2.75) is 76.9 Å². The lowest BCUT2D eigenvalue weighted by molar-refractivity contribution is -0.137. The van der Waals surface area contributed by atoms with Crippen LogP contribution in [0, 0.1) is 17.8 Å². The van der Waals surface area contributed by atoms with E-state index in [0.29, 0.717) is 30.3 Å². The summed E-state index contributed by atoms with van der Waals surface area (Å²) in [5.74, 6) is 0.902. The quantitative estimate of drug-likeness (QED) is 0.406. The standard InChI is InChI=1S/C21H34O4/c1-2-3-6-9-17(22)12-13-19-18(16-14-20(19)25-15-16)10-7-4-5-8-11-21(23)24/h4,7,12-13,16-20,22H,2-3,5-6,8-11,14-15H2,1H3,(H,23,24)/b7-4-,13-12+/t16-,17-,18+,19-,20-/m0/s1. The van der Waals surface area contributed by atoms with Gasteiger partial charge in [0.2, 0.25) is 0 Å². The number of hydrogen-bond donors (Lipinski definition) is 2. The average molecular weight is 350 g/mol. The van der Waals surface area contributed by atoms with Gasteiger partial charge in [0.05, 0.1) is 18.8 Å². The van der Waals surface area contributed by atoms with E-state index in [1.807, 2.05) is 6.08 Å². The van der Waals surface area contributed by atoms with Gasteiger partial charge in [0.25, 0.3) is 0 Å². The summed E-state index contributed by atoms with van der Waals surface area (Å²) in [6.07, 6.45) is 16.7. The van der Waals surface area contributed by atoms with Gasteiger partial charge < -0.3 is 14.9 Å². The summed E-state index contributed by atoms with van der Waals surface area (Å²) in [4.78, 5) is 10.5. The Kier molecular flexibility index (Phi) is 8.70. The van der Waals surface area contributed by atoms with E-state index < -0.39 is 5.97 Å². The summed E-state index contributed by atoms with van der Waals surface area (Å²) < 4.78 is 5.87. The Bertz CT molecular complexity index is 457. The zero-order valence-electron chi connectivity index (χ0n) is 15.5. The van der Waals surface area contributed by atoms with Crippen molar-refractivity contribution in [3.8, 4) is 0 Å². The molecule has 2 aliphatic rings. The predicted octanol–water partition coefficient (Wildman–Crippen LogP) is 4.34. The highest BCUT2D eigenvalue weighted by atomic mass is 16.5. The Hall–Kier alpha value is -1.13. The fraction of sp³-hybridized carbons (Fsp3) is 0.762. The van der Waals surface area contributed by atoms with E-state index >= 15 is 0 Å². The number of carbonyl (C=O) groups is 1. The van der Waals surface area contributed by atoms with Crippen LogP contribution in [0.2, 0.25) is 0 Å². The van der Waals surface area contributed by atoms with Gasteiger partial charge >= 0.3 is 5.97 Å². The van der Waals surface area contributed by atoms with Crippen LogP contribution in [0.5, 0.6) is 0 Å². The number of hydrogen-bond acceptors (Lipinski definition) is 3. The number of carboxylic acid groups (broad SMARTS) is 1. The van der Waals surface area contributed by atoms with Crippen LogP contribution < -0.4 is 0 Å². The maximum Gasteiger partial charge on any atom is 0.303 e. The summed E-state index contributed by atoms with van der Waals surface area (Å²) in [5.41, 5.74) is 0. The summed E-state index contributed by atoms with van der Waals surface area (Å²) in [5, 5.41) is 18.8. The van der Waals surface area contributed by atoms with E-state index in [2.05, 4.69) is 25.2 Å². The first-order chi connectivity index (χ1) is 12.1. The number of rotatable bonds is 12. The monoisotopic (exact) mass is 350 g/mol. The second-order valence-electron chi connectivity index (χ2n) is 7.55. The molecule has 1 saturated heterocycles. The van der Waals surface area contributed by atoms with Crippen LogP contribution in [0.15, 0.2) is 24.3 Å². The average Bonchev–Trinajstić information content (AvgIpc) is 3.17. The van der Waals surface area contributed by atoms with Crippen LogP contribution in [-0.2, 0) is 9.53 Å². The maximum absolute atomic E-state index is 10.5. The molecule has 2 bridgehead atoms. The third-order valence-corrected chi connectivity index (χ3v) is 5.58. The van der Waals surface area contributed by atoms with E-state index in [9.17, 15) is 9.90 Å². The van der Waals surface area contributed by atoms with E-state index in [-0.39, 0.29) is 12.5 Å². The number of carboxylic acids is 1. The number of aliphatic carboxylic acids is 1. The molecule has 0 amide bonds. The molecule has 0 aromatic heterocycles. The number of ether oxygens (including phenoxy) is 1. The minimum Gasteiger partial charge on any atom is -0.481 e. The van der Waals surface area contributed by atoms with Crippen LogP contribution in [0.4, 0.5) is 0 Å². The third kappa shape index (κ3) is 6.59. The fourth-order valence-electron chi connectivity index (χ4n) is 4.15. The maximum atomic E-state index is 10.5. The fourth-order valence-corrected chi connectivity index (χ4v) is 4.15. The Morgan fingerprint density at radius 2 is 2.12 bits per heavy atom. The van der Waals surface area contributed by atoms with E-state index in [1.165, 1.54) is 12.8 Å². The number of fused-ring (bicyclic) bond motifs is 2. The molecule has 2 fully saturated rings. The summed E-state index contributed by atoms with van der Waals surface area (Å²) >= 11 is 0. The van der Waals surface area contributed by atoms with Gasteiger partial charge in [-0.3, -0.25) is 4.79 Å². The molecule has 0 aromatic carbocycles. The van der Waals surface area contributed by atoms with Crippen LogP contribution in [0.25, 0.3) is 0 Å². The van der Waals surface area contributed by atoms with E-state index in [4.69, 9.17) is 9.84 Å². The number of allylic oxidation sites excluding steroid dienone is 2. The molecule has 142 valence electrons. The van der Waals surface area contributed by atoms with Crippen molar-refractivity contribution in [3.63, 3.8) is 0 Å². The van der Waals surface area contributed by atoms with Crippen molar-refractivity contribution >= 4 is 5.97 Å². The summed E-state index contributed by atoms with van der Waals surface area (Å²) in [6, 6.07) is 0. The van der Waals surface area contributed by atoms with Gasteiger partial charge in [-0.15, -0.1) is 0 Å². The molecule has 4 heteroatoms. The van der Waals surface area contributed by atoms with E-state index in [1.54, 1.807) is 0 Å². The molecule has 2 rings (SSSR count). The van der Waals surface area contributed by atoms with Gasteiger partial charge in [-0.2, -0.15) is 0 Å². The lowest BCUT2D eigenvalue weighted by Gasteiger charge is -2.28. The first-order valence-corrected chi connectivity index (χ1v) is 9.96. The molecule has 1 saturated carbocycles. The van der Waals surface area contributed by atoms with Crippen molar-refractivity contribution in [2.24, 2.45) is 17.8 Å². The van der Waals surface area contributed by atoms with Crippen molar-refractivity contribution in [2.75, 3.05) is 6.61 Å². The molecular formula is C21H34O4. The largest absolute Gasteiger partial charge is 0.481 e. The molecule has 1 aliphatic heterocycles. The minimum absolute atomic E-state index is 0.244. The lowest BCUT2D eigenvalue weighted by Crippen LogP contribution is -2.27. The Labute approximate surface area is 152 Å². The first kappa shape index (κ1) is 20.2. The number of aliphatic hydroxyl groups is 1. The molecule has 0 radical (unpaired) electrons. The van der Waals surface area contributed by atoms with Crippen molar-refractivity contribution in [1.82, 2.24) is 0 Å². The van der Waals surface area contributed by atoms with Gasteiger partial charge in [0, 0.05) is 12.3 Å². The highest BCUT2D eigenvalue weighted by Crippen LogP contribution is 2.47. The molecule has 0 unspecified atom stereocenters. The van der Waals surface area contributed by atoms with Crippen molar-refractivity contribution in [3.05, 3.63) is 24.3 Å². The van der Waals surface area contributed by atoms with Crippen LogP contribution in [0.1, 0.15) is 64.7 Å². The smallest absolute Gasteiger partial charge is 0.303 e. The molecular weight excluding hydrogens is 316 g/mol.